The predicted molar refractivity (Wildman–Crippen MR) is 106 cm³/mol. The van der Waals surface area contributed by atoms with E-state index in [1.165, 1.54) is 24.9 Å². The molecule has 0 unspecified atom stereocenters. The normalized spacial score (nSPS) is 11.9. The molecule has 0 aliphatic heterocycles. The van der Waals surface area contributed by atoms with Gasteiger partial charge >= 0.3 is 5.97 Å². The van der Waals surface area contributed by atoms with Gasteiger partial charge in [0, 0.05) is 15.3 Å². The summed E-state index contributed by atoms with van der Waals surface area (Å²) < 4.78 is 10.4. The fourth-order valence-corrected chi connectivity index (χ4v) is 3.76. The van der Waals surface area contributed by atoms with Gasteiger partial charge in [0.1, 0.15) is 5.76 Å². The maximum atomic E-state index is 12.1. The Morgan fingerprint density at radius 1 is 1.19 bits per heavy atom. The summed E-state index contributed by atoms with van der Waals surface area (Å²) >= 11 is 7.62. The molecular formula is C20H18ClNO4S. The van der Waals surface area contributed by atoms with Gasteiger partial charge in [-0.25, -0.2) is 0 Å². The minimum Gasteiger partial charge on any atom is -0.467 e. The van der Waals surface area contributed by atoms with Gasteiger partial charge < -0.3 is 14.5 Å². The van der Waals surface area contributed by atoms with E-state index < -0.39 is 12.1 Å². The molecule has 1 N–H and O–H groups in total. The van der Waals surface area contributed by atoms with Gasteiger partial charge in [-0.3, -0.25) is 9.59 Å². The van der Waals surface area contributed by atoms with Crippen LogP contribution in [0.15, 0.2) is 64.1 Å². The molecule has 0 fully saturated rings. The Bertz CT molecular complexity index is 937. The highest BCUT2D eigenvalue weighted by molar-refractivity contribution is 8.00. The van der Waals surface area contributed by atoms with Crippen molar-refractivity contribution in [2.45, 2.75) is 24.5 Å². The third-order valence-electron chi connectivity index (χ3n) is 3.86. The van der Waals surface area contributed by atoms with Crippen LogP contribution in [0.5, 0.6) is 0 Å². The number of thioether (sulfide) groups is 1. The number of ether oxygens (including phenoxy) is 1. The molecule has 27 heavy (non-hydrogen) atoms. The second-order valence-corrected chi connectivity index (χ2v) is 7.24. The monoisotopic (exact) mass is 403 g/mol. The molecule has 1 aromatic heterocycles. The van der Waals surface area contributed by atoms with Crippen molar-refractivity contribution >= 4 is 46.0 Å². The summed E-state index contributed by atoms with van der Waals surface area (Å²) in [6.07, 6.45) is 0.644. The zero-order valence-electron chi connectivity index (χ0n) is 14.6. The molecule has 2 aromatic carbocycles. The molecule has 3 aromatic rings. The maximum Gasteiger partial charge on any atom is 0.317 e. The van der Waals surface area contributed by atoms with Crippen molar-refractivity contribution in [2.75, 3.05) is 5.75 Å². The van der Waals surface area contributed by atoms with Gasteiger partial charge in [0.25, 0.3) is 5.91 Å². The summed E-state index contributed by atoms with van der Waals surface area (Å²) in [4.78, 5) is 25.0. The number of esters is 1. The van der Waals surface area contributed by atoms with Crippen LogP contribution < -0.4 is 5.32 Å². The maximum absolute atomic E-state index is 12.1. The van der Waals surface area contributed by atoms with Crippen LogP contribution in [0.25, 0.3) is 10.8 Å². The lowest BCUT2D eigenvalue weighted by Gasteiger charge is -2.13. The summed E-state index contributed by atoms with van der Waals surface area (Å²) in [5, 5.41) is 5.21. The lowest BCUT2D eigenvalue weighted by Crippen LogP contribution is -2.35. The molecule has 0 radical (unpaired) electrons. The number of fused-ring (bicyclic) bond motifs is 1. The van der Waals surface area contributed by atoms with Gasteiger partial charge in [0.2, 0.25) is 0 Å². The van der Waals surface area contributed by atoms with Crippen LogP contribution in [0.4, 0.5) is 0 Å². The Kier molecular flexibility index (Phi) is 6.42. The van der Waals surface area contributed by atoms with E-state index in [1.807, 2.05) is 36.4 Å². The second kappa shape index (κ2) is 8.97. The third-order valence-corrected chi connectivity index (χ3v) is 5.20. The van der Waals surface area contributed by atoms with Gasteiger partial charge in [0.05, 0.1) is 18.6 Å². The Labute approximate surface area is 166 Å². The van der Waals surface area contributed by atoms with Crippen LogP contribution in [-0.2, 0) is 20.9 Å². The van der Waals surface area contributed by atoms with Gasteiger partial charge in [-0.05, 0) is 36.6 Å². The average Bonchev–Trinajstić information content (AvgIpc) is 3.18. The van der Waals surface area contributed by atoms with E-state index in [9.17, 15) is 9.59 Å². The van der Waals surface area contributed by atoms with Crippen molar-refractivity contribution in [3.05, 3.63) is 65.6 Å². The van der Waals surface area contributed by atoms with Crippen molar-refractivity contribution in [2.24, 2.45) is 0 Å². The number of rotatable bonds is 7. The standard InChI is InChI=1S/C20H18ClNO4S/c1-13(20(24)22-11-15-7-4-10-25-15)26-18(23)12-27-17-9-3-6-14-5-2-8-16(21)19(14)17/h2-10,13H,11-12H2,1H3,(H,22,24)/t13-/m1/s1. The Balaban J connectivity index is 1.53. The third kappa shape index (κ3) is 5.05. The van der Waals surface area contributed by atoms with Crippen molar-refractivity contribution < 1.29 is 18.7 Å². The van der Waals surface area contributed by atoms with E-state index in [0.29, 0.717) is 10.8 Å². The van der Waals surface area contributed by atoms with Crippen molar-refractivity contribution in [3.63, 3.8) is 0 Å². The molecule has 0 saturated heterocycles. The number of hydrogen-bond donors (Lipinski definition) is 1. The molecule has 5 nitrogen and oxygen atoms in total. The van der Waals surface area contributed by atoms with E-state index in [-0.39, 0.29) is 18.2 Å². The van der Waals surface area contributed by atoms with E-state index in [1.54, 1.807) is 12.1 Å². The second-order valence-electron chi connectivity index (χ2n) is 5.81. The predicted octanol–water partition coefficient (Wildman–Crippen LogP) is 4.43. The number of furan rings is 1. The zero-order valence-corrected chi connectivity index (χ0v) is 16.2. The summed E-state index contributed by atoms with van der Waals surface area (Å²) in [6.45, 7) is 1.78. The van der Waals surface area contributed by atoms with E-state index in [4.69, 9.17) is 20.8 Å². The fraction of sp³-hybridized carbons (Fsp3) is 0.200. The van der Waals surface area contributed by atoms with Crippen molar-refractivity contribution in [3.8, 4) is 0 Å². The van der Waals surface area contributed by atoms with Crippen LogP contribution in [-0.4, -0.2) is 23.7 Å². The van der Waals surface area contributed by atoms with E-state index in [2.05, 4.69) is 5.32 Å². The quantitative estimate of drug-likeness (QED) is 0.467. The minimum absolute atomic E-state index is 0.0835. The lowest BCUT2D eigenvalue weighted by atomic mass is 10.1. The molecule has 0 aliphatic rings. The molecule has 0 aliphatic carbocycles. The Hall–Kier alpha value is -2.44. The highest BCUT2D eigenvalue weighted by Crippen LogP contribution is 2.33. The molecule has 3 rings (SSSR count). The molecule has 7 heteroatoms. The number of hydrogen-bond acceptors (Lipinski definition) is 5. The van der Waals surface area contributed by atoms with Crippen LogP contribution in [0.2, 0.25) is 5.02 Å². The van der Waals surface area contributed by atoms with E-state index in [0.717, 1.165) is 15.7 Å². The first-order valence-electron chi connectivity index (χ1n) is 8.34. The van der Waals surface area contributed by atoms with Gasteiger partial charge in [-0.1, -0.05) is 35.9 Å². The first kappa shape index (κ1) is 19.3. The largest absolute Gasteiger partial charge is 0.467 e. The number of nitrogens with one attached hydrogen (secondary N) is 1. The molecule has 0 spiro atoms. The van der Waals surface area contributed by atoms with Crippen LogP contribution >= 0.6 is 23.4 Å². The lowest BCUT2D eigenvalue weighted by molar-refractivity contribution is -0.152. The van der Waals surface area contributed by atoms with Crippen LogP contribution in [0.3, 0.4) is 0 Å². The summed E-state index contributed by atoms with van der Waals surface area (Å²) in [7, 11) is 0. The molecule has 1 atom stereocenters. The SMILES string of the molecule is C[C@@H](OC(=O)CSc1cccc2cccc(Cl)c12)C(=O)NCc1ccco1. The molecule has 0 bridgehead atoms. The fourth-order valence-electron chi connectivity index (χ4n) is 2.53. The minimum atomic E-state index is -0.885. The number of carbonyl (C=O) groups excluding carboxylic acids is 2. The topological polar surface area (TPSA) is 68.5 Å². The number of amides is 1. The summed E-state index contributed by atoms with van der Waals surface area (Å²) in [6, 6.07) is 14.9. The number of halogens is 1. The van der Waals surface area contributed by atoms with Gasteiger partial charge in [0.15, 0.2) is 6.10 Å². The molecule has 1 amide bonds. The van der Waals surface area contributed by atoms with Gasteiger partial charge in [-0.15, -0.1) is 11.8 Å². The first-order chi connectivity index (χ1) is 13.0. The summed E-state index contributed by atoms with van der Waals surface area (Å²) in [5.74, 6) is -0.131. The zero-order chi connectivity index (χ0) is 19.2. The Morgan fingerprint density at radius 3 is 2.70 bits per heavy atom. The molecule has 1 heterocycles. The molecular weight excluding hydrogens is 386 g/mol. The smallest absolute Gasteiger partial charge is 0.317 e. The van der Waals surface area contributed by atoms with Gasteiger partial charge in [-0.2, -0.15) is 0 Å². The number of benzene rings is 2. The average molecular weight is 404 g/mol. The molecule has 140 valence electrons. The Morgan fingerprint density at radius 2 is 1.96 bits per heavy atom. The van der Waals surface area contributed by atoms with E-state index >= 15 is 0 Å². The van der Waals surface area contributed by atoms with Crippen LogP contribution in [0.1, 0.15) is 12.7 Å². The van der Waals surface area contributed by atoms with Crippen LogP contribution in [0, 0.1) is 0 Å². The highest BCUT2D eigenvalue weighted by atomic mass is 35.5. The molecule has 0 saturated carbocycles. The number of carbonyl (C=O) groups is 2. The summed E-state index contributed by atoms with van der Waals surface area (Å²) in [5.41, 5.74) is 0. The first-order valence-corrected chi connectivity index (χ1v) is 9.70. The van der Waals surface area contributed by atoms with Crippen molar-refractivity contribution in [1.29, 1.82) is 0 Å². The highest BCUT2D eigenvalue weighted by Gasteiger charge is 2.18. The van der Waals surface area contributed by atoms with Crippen molar-refractivity contribution in [1.82, 2.24) is 5.32 Å².